The second-order valence-electron chi connectivity index (χ2n) is 8.10. The van der Waals surface area contributed by atoms with Gasteiger partial charge in [-0.05, 0) is 36.8 Å². The molecule has 0 unspecified atom stereocenters. The number of rotatable bonds is 5. The maximum atomic E-state index is 13.1. The molecule has 1 N–H and O–H groups in total. The van der Waals surface area contributed by atoms with Gasteiger partial charge >= 0.3 is 0 Å². The highest BCUT2D eigenvalue weighted by Gasteiger charge is 2.39. The number of amides is 1. The van der Waals surface area contributed by atoms with Crippen LogP contribution in [0, 0.1) is 6.92 Å². The average molecular weight is 399 g/mol. The molecule has 1 saturated heterocycles. The summed E-state index contributed by atoms with van der Waals surface area (Å²) in [4.78, 5) is 16.5. The van der Waals surface area contributed by atoms with Crippen molar-refractivity contribution >= 4 is 17.2 Å². The van der Waals surface area contributed by atoms with Gasteiger partial charge in [0, 0.05) is 30.7 Å². The van der Waals surface area contributed by atoms with Crippen LogP contribution < -0.4 is 5.32 Å². The maximum absolute atomic E-state index is 13.1. The van der Waals surface area contributed by atoms with E-state index in [1.54, 1.807) is 0 Å². The second kappa shape index (κ2) is 8.76. The molecular weight excluding hydrogens is 368 g/mol. The molecule has 0 spiro atoms. The summed E-state index contributed by atoms with van der Waals surface area (Å²) in [6.45, 7) is 6.38. The van der Waals surface area contributed by atoms with Gasteiger partial charge in [0.05, 0.1) is 18.1 Å². The summed E-state index contributed by atoms with van der Waals surface area (Å²) in [5, 5.41) is 5.32. The van der Waals surface area contributed by atoms with E-state index < -0.39 is 0 Å². The second-order valence-corrected chi connectivity index (χ2v) is 9.01. The molecule has 0 atom stereocenters. The Kier molecular flexibility index (Phi) is 6.14. The largest absolute Gasteiger partial charge is 0.379 e. The lowest BCUT2D eigenvalue weighted by Crippen LogP contribution is -2.59. The Hall–Kier alpha value is -1.69. The van der Waals surface area contributed by atoms with Gasteiger partial charge in [-0.25, -0.2) is 0 Å². The predicted octanol–water partition coefficient (Wildman–Crippen LogP) is 4.49. The number of benzene rings is 1. The van der Waals surface area contributed by atoms with Crippen molar-refractivity contribution < 1.29 is 9.53 Å². The van der Waals surface area contributed by atoms with Crippen molar-refractivity contribution in [3.05, 3.63) is 46.2 Å². The highest BCUT2D eigenvalue weighted by Crippen LogP contribution is 2.34. The molecule has 1 aromatic heterocycles. The zero-order chi connectivity index (χ0) is 19.4. The molecule has 0 radical (unpaired) electrons. The number of ether oxygens (including phenoxy) is 1. The number of thiophene rings is 1. The van der Waals surface area contributed by atoms with Gasteiger partial charge in [0.2, 0.25) is 0 Å². The minimum absolute atomic E-state index is 0.0591. The maximum Gasteiger partial charge on any atom is 0.262 e. The van der Waals surface area contributed by atoms with E-state index in [0.29, 0.717) is 0 Å². The number of nitrogens with one attached hydrogen (secondary N) is 1. The minimum Gasteiger partial charge on any atom is -0.379 e. The number of hydrogen-bond acceptors (Lipinski definition) is 4. The normalized spacial score (nSPS) is 20.0. The monoisotopic (exact) mass is 398 g/mol. The van der Waals surface area contributed by atoms with E-state index in [-0.39, 0.29) is 11.4 Å². The van der Waals surface area contributed by atoms with Gasteiger partial charge in [0.15, 0.2) is 0 Å². The highest BCUT2D eigenvalue weighted by molar-refractivity contribution is 7.12. The molecule has 150 valence electrons. The van der Waals surface area contributed by atoms with Crippen molar-refractivity contribution in [2.45, 2.75) is 44.6 Å². The molecule has 4 nitrogen and oxygen atoms in total. The average Bonchev–Trinajstić information content (AvgIpc) is 3.24. The minimum atomic E-state index is 0.0591. The van der Waals surface area contributed by atoms with Gasteiger partial charge in [0.1, 0.15) is 0 Å². The summed E-state index contributed by atoms with van der Waals surface area (Å²) in [5.74, 6) is 0.0591. The van der Waals surface area contributed by atoms with Crippen LogP contribution in [0.1, 0.15) is 47.3 Å². The molecule has 1 amide bonds. The predicted molar refractivity (Wildman–Crippen MR) is 115 cm³/mol. The van der Waals surface area contributed by atoms with Crippen molar-refractivity contribution in [1.29, 1.82) is 0 Å². The Balaban J connectivity index is 1.48. The number of morpholine rings is 1. The van der Waals surface area contributed by atoms with Crippen molar-refractivity contribution in [1.82, 2.24) is 10.2 Å². The molecule has 28 heavy (non-hydrogen) atoms. The first-order valence-electron chi connectivity index (χ1n) is 10.4. The standard InChI is InChI=1S/C23H30N2O2S/c1-18-5-7-19(8-6-18)20-9-16-28-21(20)22(26)24-17-23(10-3-2-4-11-23)25-12-14-27-15-13-25/h5-9,16H,2-4,10-15,17H2,1H3,(H,24,26). The molecule has 1 aliphatic heterocycles. The number of nitrogens with zero attached hydrogens (tertiary/aromatic N) is 1. The Labute approximate surface area is 171 Å². The van der Waals surface area contributed by atoms with E-state index in [1.165, 1.54) is 49.0 Å². The van der Waals surface area contributed by atoms with Gasteiger partial charge in [-0.3, -0.25) is 9.69 Å². The molecular formula is C23H30N2O2S. The van der Waals surface area contributed by atoms with Crippen LogP contribution in [-0.4, -0.2) is 49.2 Å². The summed E-state index contributed by atoms with van der Waals surface area (Å²) in [6.07, 6.45) is 6.15. The van der Waals surface area contributed by atoms with Crippen molar-refractivity contribution in [2.75, 3.05) is 32.8 Å². The zero-order valence-electron chi connectivity index (χ0n) is 16.7. The number of aryl methyl sites for hydroxylation is 1. The van der Waals surface area contributed by atoms with Gasteiger partial charge in [0.25, 0.3) is 5.91 Å². The van der Waals surface area contributed by atoms with Crippen LogP contribution in [0.2, 0.25) is 0 Å². The zero-order valence-corrected chi connectivity index (χ0v) is 17.5. The molecule has 0 bridgehead atoms. The Morgan fingerprint density at radius 3 is 2.54 bits per heavy atom. The van der Waals surface area contributed by atoms with Crippen LogP contribution in [0.15, 0.2) is 35.7 Å². The van der Waals surface area contributed by atoms with E-state index in [9.17, 15) is 4.79 Å². The van der Waals surface area contributed by atoms with Gasteiger partial charge in [-0.2, -0.15) is 0 Å². The number of carbonyl (C=O) groups excluding carboxylic acids is 1. The van der Waals surface area contributed by atoms with E-state index >= 15 is 0 Å². The third kappa shape index (κ3) is 4.17. The Morgan fingerprint density at radius 1 is 1.11 bits per heavy atom. The van der Waals surface area contributed by atoms with Gasteiger partial charge in [-0.1, -0.05) is 49.1 Å². The lowest BCUT2D eigenvalue weighted by Gasteiger charge is -2.48. The SMILES string of the molecule is Cc1ccc(-c2ccsc2C(=O)NCC2(N3CCOCC3)CCCCC2)cc1. The van der Waals surface area contributed by atoms with E-state index in [2.05, 4.69) is 47.5 Å². The van der Waals surface area contributed by atoms with Crippen LogP contribution in [0.25, 0.3) is 11.1 Å². The molecule has 2 fully saturated rings. The van der Waals surface area contributed by atoms with Gasteiger partial charge in [-0.15, -0.1) is 11.3 Å². The molecule has 1 aromatic carbocycles. The van der Waals surface area contributed by atoms with E-state index in [0.717, 1.165) is 48.9 Å². The molecule has 4 rings (SSSR count). The first-order chi connectivity index (χ1) is 13.7. The Morgan fingerprint density at radius 2 is 1.82 bits per heavy atom. The van der Waals surface area contributed by atoms with Crippen LogP contribution in [-0.2, 0) is 4.74 Å². The smallest absolute Gasteiger partial charge is 0.262 e. The summed E-state index contributed by atoms with van der Waals surface area (Å²) >= 11 is 1.53. The fourth-order valence-electron chi connectivity index (χ4n) is 4.62. The number of hydrogen-bond donors (Lipinski definition) is 1. The third-order valence-electron chi connectivity index (χ3n) is 6.28. The lowest BCUT2D eigenvalue weighted by atomic mass is 9.79. The van der Waals surface area contributed by atoms with E-state index in [1.807, 2.05) is 5.38 Å². The first-order valence-corrected chi connectivity index (χ1v) is 11.3. The molecule has 1 saturated carbocycles. The lowest BCUT2D eigenvalue weighted by molar-refractivity contribution is -0.0361. The molecule has 5 heteroatoms. The molecule has 2 aliphatic rings. The third-order valence-corrected chi connectivity index (χ3v) is 7.19. The quantitative estimate of drug-likeness (QED) is 0.807. The van der Waals surface area contributed by atoms with Crippen LogP contribution in [0.5, 0.6) is 0 Å². The summed E-state index contributed by atoms with van der Waals surface area (Å²) in [7, 11) is 0. The van der Waals surface area contributed by atoms with Crippen molar-refractivity contribution in [2.24, 2.45) is 0 Å². The number of carbonyl (C=O) groups is 1. The van der Waals surface area contributed by atoms with Crippen LogP contribution in [0.3, 0.4) is 0 Å². The first kappa shape index (κ1) is 19.6. The van der Waals surface area contributed by atoms with E-state index in [4.69, 9.17) is 4.74 Å². The van der Waals surface area contributed by atoms with Crippen molar-refractivity contribution in [3.63, 3.8) is 0 Å². The molecule has 1 aliphatic carbocycles. The fraction of sp³-hybridized carbons (Fsp3) is 0.522. The van der Waals surface area contributed by atoms with Crippen LogP contribution in [0.4, 0.5) is 0 Å². The highest BCUT2D eigenvalue weighted by atomic mass is 32.1. The summed E-state index contributed by atoms with van der Waals surface area (Å²) in [5.41, 5.74) is 3.47. The topological polar surface area (TPSA) is 41.6 Å². The molecule has 2 aromatic rings. The summed E-state index contributed by atoms with van der Waals surface area (Å²) in [6, 6.07) is 10.5. The van der Waals surface area contributed by atoms with Crippen molar-refractivity contribution in [3.8, 4) is 11.1 Å². The van der Waals surface area contributed by atoms with Gasteiger partial charge < -0.3 is 10.1 Å². The van der Waals surface area contributed by atoms with Crippen LogP contribution >= 0.6 is 11.3 Å². The fourth-order valence-corrected chi connectivity index (χ4v) is 5.46. The Bertz CT molecular complexity index is 787. The molecule has 2 heterocycles. The summed E-state index contributed by atoms with van der Waals surface area (Å²) < 4.78 is 5.57.